The quantitative estimate of drug-likeness (QED) is 0.819. The molecule has 2 aromatic carbocycles. The van der Waals surface area contributed by atoms with E-state index in [4.69, 9.17) is 9.47 Å². The SMILES string of the molecule is CCOC(=O)c1ccc(NC(=O)Nc2ccc(OC)c(F)c2)cc1. The highest BCUT2D eigenvalue weighted by Gasteiger charge is 2.09. The first-order valence-electron chi connectivity index (χ1n) is 7.22. The molecule has 126 valence electrons. The van der Waals surface area contributed by atoms with E-state index >= 15 is 0 Å². The fourth-order valence-corrected chi connectivity index (χ4v) is 1.94. The van der Waals surface area contributed by atoms with Gasteiger partial charge in [0, 0.05) is 17.4 Å². The van der Waals surface area contributed by atoms with Crippen LogP contribution in [0.5, 0.6) is 5.75 Å². The molecule has 0 unspecified atom stereocenters. The number of amides is 2. The fraction of sp³-hybridized carbons (Fsp3) is 0.176. The van der Waals surface area contributed by atoms with E-state index in [1.165, 1.54) is 19.2 Å². The van der Waals surface area contributed by atoms with Gasteiger partial charge in [0.15, 0.2) is 11.6 Å². The number of urea groups is 1. The van der Waals surface area contributed by atoms with Crippen LogP contribution in [0.15, 0.2) is 42.5 Å². The first-order valence-corrected chi connectivity index (χ1v) is 7.22. The van der Waals surface area contributed by atoms with Gasteiger partial charge in [-0.2, -0.15) is 0 Å². The fourth-order valence-electron chi connectivity index (χ4n) is 1.94. The molecule has 6 nitrogen and oxygen atoms in total. The van der Waals surface area contributed by atoms with Gasteiger partial charge in [0.1, 0.15) is 0 Å². The lowest BCUT2D eigenvalue weighted by Gasteiger charge is -2.09. The van der Waals surface area contributed by atoms with E-state index < -0.39 is 17.8 Å². The molecule has 0 aliphatic carbocycles. The normalized spacial score (nSPS) is 9.96. The van der Waals surface area contributed by atoms with Crippen molar-refractivity contribution < 1.29 is 23.5 Å². The van der Waals surface area contributed by atoms with E-state index in [1.807, 2.05) is 0 Å². The Hall–Kier alpha value is -3.09. The minimum absolute atomic E-state index is 0.0931. The summed E-state index contributed by atoms with van der Waals surface area (Å²) in [5.74, 6) is -0.910. The summed E-state index contributed by atoms with van der Waals surface area (Å²) in [6, 6.07) is 9.78. The van der Waals surface area contributed by atoms with Crippen molar-refractivity contribution in [3.63, 3.8) is 0 Å². The maximum atomic E-state index is 13.6. The Kier molecular flexibility index (Phi) is 5.73. The Morgan fingerprint density at radius 2 is 1.67 bits per heavy atom. The lowest BCUT2D eigenvalue weighted by Crippen LogP contribution is -2.19. The number of carbonyl (C=O) groups is 2. The van der Waals surface area contributed by atoms with Gasteiger partial charge in [-0.15, -0.1) is 0 Å². The minimum Gasteiger partial charge on any atom is -0.494 e. The van der Waals surface area contributed by atoms with Crippen LogP contribution >= 0.6 is 0 Å². The topological polar surface area (TPSA) is 76.7 Å². The molecule has 2 rings (SSSR count). The lowest BCUT2D eigenvalue weighted by molar-refractivity contribution is 0.0526. The largest absolute Gasteiger partial charge is 0.494 e. The number of ether oxygens (including phenoxy) is 2. The summed E-state index contributed by atoms with van der Waals surface area (Å²) in [6.07, 6.45) is 0. The van der Waals surface area contributed by atoms with Crippen molar-refractivity contribution in [2.45, 2.75) is 6.92 Å². The molecule has 0 fully saturated rings. The summed E-state index contributed by atoms with van der Waals surface area (Å²) in [7, 11) is 1.36. The number of halogens is 1. The molecule has 0 aliphatic heterocycles. The second-order valence-corrected chi connectivity index (χ2v) is 4.73. The molecule has 0 aliphatic rings. The number of benzene rings is 2. The van der Waals surface area contributed by atoms with Gasteiger partial charge in [0.25, 0.3) is 0 Å². The molecule has 2 amide bonds. The molecule has 0 spiro atoms. The number of methoxy groups -OCH3 is 1. The lowest BCUT2D eigenvalue weighted by atomic mass is 10.2. The number of nitrogens with one attached hydrogen (secondary N) is 2. The Morgan fingerprint density at radius 3 is 2.25 bits per heavy atom. The number of rotatable bonds is 5. The summed E-state index contributed by atoms with van der Waals surface area (Å²) >= 11 is 0. The van der Waals surface area contributed by atoms with Crippen LogP contribution in [0.3, 0.4) is 0 Å². The molecule has 2 N–H and O–H groups in total. The van der Waals surface area contributed by atoms with Gasteiger partial charge in [-0.3, -0.25) is 0 Å². The molecule has 7 heteroatoms. The molecule has 0 radical (unpaired) electrons. The van der Waals surface area contributed by atoms with Crippen molar-refractivity contribution in [1.82, 2.24) is 0 Å². The minimum atomic E-state index is -0.575. The number of esters is 1. The van der Waals surface area contributed by atoms with Crippen molar-refractivity contribution in [1.29, 1.82) is 0 Å². The summed E-state index contributed by atoms with van der Waals surface area (Å²) in [6.45, 7) is 2.01. The standard InChI is InChI=1S/C17H17FN2O4/c1-3-24-16(21)11-4-6-12(7-5-11)19-17(22)20-13-8-9-15(23-2)14(18)10-13/h4-10H,3H2,1-2H3,(H2,19,20,22). The molecule has 0 saturated carbocycles. The highest BCUT2D eigenvalue weighted by atomic mass is 19.1. The first kappa shape index (κ1) is 17.3. The molecular weight excluding hydrogens is 315 g/mol. The molecule has 24 heavy (non-hydrogen) atoms. The summed E-state index contributed by atoms with van der Waals surface area (Å²) in [5.41, 5.74) is 1.16. The van der Waals surface area contributed by atoms with Crippen LogP contribution in [0.4, 0.5) is 20.6 Å². The average Bonchev–Trinajstić information content (AvgIpc) is 2.56. The second-order valence-electron chi connectivity index (χ2n) is 4.73. The van der Waals surface area contributed by atoms with Gasteiger partial charge in [-0.05, 0) is 43.3 Å². The van der Waals surface area contributed by atoms with Gasteiger partial charge in [0.05, 0.1) is 19.3 Å². The van der Waals surface area contributed by atoms with Gasteiger partial charge in [-0.1, -0.05) is 0 Å². The van der Waals surface area contributed by atoms with Crippen LogP contribution in [0.1, 0.15) is 17.3 Å². The highest BCUT2D eigenvalue weighted by molar-refractivity contribution is 6.00. The molecule has 2 aromatic rings. The van der Waals surface area contributed by atoms with Crippen molar-refractivity contribution in [3.8, 4) is 5.75 Å². The van der Waals surface area contributed by atoms with Crippen LogP contribution in [-0.2, 0) is 4.74 Å². The third-order valence-corrected chi connectivity index (χ3v) is 3.06. The predicted octanol–water partition coefficient (Wildman–Crippen LogP) is 3.66. The monoisotopic (exact) mass is 332 g/mol. The predicted molar refractivity (Wildman–Crippen MR) is 88.0 cm³/mol. The zero-order valence-corrected chi connectivity index (χ0v) is 13.3. The number of anilines is 2. The van der Waals surface area contributed by atoms with Crippen LogP contribution in [0.25, 0.3) is 0 Å². The van der Waals surface area contributed by atoms with Crippen molar-refractivity contribution in [2.75, 3.05) is 24.4 Å². The van der Waals surface area contributed by atoms with Gasteiger partial charge in [0.2, 0.25) is 0 Å². The maximum absolute atomic E-state index is 13.6. The van der Waals surface area contributed by atoms with E-state index in [0.717, 1.165) is 6.07 Å². The van der Waals surface area contributed by atoms with E-state index in [2.05, 4.69) is 10.6 Å². The number of hydrogen-bond donors (Lipinski definition) is 2. The van der Waals surface area contributed by atoms with Crippen LogP contribution in [-0.4, -0.2) is 25.7 Å². The Balaban J connectivity index is 1.97. The molecule has 0 saturated heterocycles. The smallest absolute Gasteiger partial charge is 0.338 e. The molecule has 0 atom stereocenters. The second kappa shape index (κ2) is 7.96. The third kappa shape index (κ3) is 4.45. The Bertz CT molecular complexity index is 732. The van der Waals surface area contributed by atoms with Crippen molar-refractivity contribution >= 4 is 23.4 Å². The maximum Gasteiger partial charge on any atom is 0.338 e. The van der Waals surface area contributed by atoms with Crippen LogP contribution < -0.4 is 15.4 Å². The van der Waals surface area contributed by atoms with Gasteiger partial charge < -0.3 is 20.1 Å². The van der Waals surface area contributed by atoms with E-state index in [-0.39, 0.29) is 11.4 Å². The van der Waals surface area contributed by atoms with Crippen molar-refractivity contribution in [3.05, 3.63) is 53.8 Å². The summed E-state index contributed by atoms with van der Waals surface area (Å²) in [4.78, 5) is 23.4. The Morgan fingerprint density at radius 1 is 1.04 bits per heavy atom. The molecule has 0 aromatic heterocycles. The number of hydrogen-bond acceptors (Lipinski definition) is 4. The molecule has 0 heterocycles. The van der Waals surface area contributed by atoms with Crippen LogP contribution in [0, 0.1) is 5.82 Å². The molecular formula is C17H17FN2O4. The van der Waals surface area contributed by atoms with Crippen molar-refractivity contribution in [2.24, 2.45) is 0 Å². The molecule has 0 bridgehead atoms. The number of carbonyl (C=O) groups excluding carboxylic acids is 2. The summed E-state index contributed by atoms with van der Waals surface area (Å²) < 4.78 is 23.3. The first-order chi connectivity index (χ1) is 11.5. The van der Waals surface area contributed by atoms with E-state index in [9.17, 15) is 14.0 Å². The van der Waals surface area contributed by atoms with E-state index in [0.29, 0.717) is 17.9 Å². The van der Waals surface area contributed by atoms with Crippen LogP contribution in [0.2, 0.25) is 0 Å². The zero-order chi connectivity index (χ0) is 17.5. The van der Waals surface area contributed by atoms with Gasteiger partial charge >= 0.3 is 12.0 Å². The van der Waals surface area contributed by atoms with E-state index in [1.54, 1.807) is 31.2 Å². The Labute approximate surface area is 138 Å². The van der Waals surface area contributed by atoms with Gasteiger partial charge in [-0.25, -0.2) is 14.0 Å². The third-order valence-electron chi connectivity index (χ3n) is 3.06. The average molecular weight is 332 g/mol. The summed E-state index contributed by atoms with van der Waals surface area (Å²) in [5, 5.41) is 5.08. The highest BCUT2D eigenvalue weighted by Crippen LogP contribution is 2.20. The zero-order valence-electron chi connectivity index (χ0n) is 13.3.